The topological polar surface area (TPSA) is 41.5 Å². The first-order valence-electron chi connectivity index (χ1n) is 6.12. The summed E-state index contributed by atoms with van der Waals surface area (Å²) < 4.78 is 31.4. The SMILES string of the molecule is Oc1c(F)cc(CNCC2CCOCC2)cc1F. The normalized spacial score (nSPS) is 17.0. The first-order valence-corrected chi connectivity index (χ1v) is 6.12. The molecule has 1 heterocycles. The maximum Gasteiger partial charge on any atom is 0.187 e. The van der Waals surface area contributed by atoms with E-state index >= 15 is 0 Å². The summed E-state index contributed by atoms with van der Waals surface area (Å²) >= 11 is 0. The summed E-state index contributed by atoms with van der Waals surface area (Å²) in [5.74, 6) is -2.19. The van der Waals surface area contributed by atoms with Gasteiger partial charge in [0, 0.05) is 19.8 Å². The third-order valence-electron chi connectivity index (χ3n) is 3.18. The fourth-order valence-corrected chi connectivity index (χ4v) is 2.09. The summed E-state index contributed by atoms with van der Waals surface area (Å²) in [5.41, 5.74) is 0.495. The van der Waals surface area contributed by atoms with Gasteiger partial charge in [-0.3, -0.25) is 0 Å². The van der Waals surface area contributed by atoms with Crippen molar-refractivity contribution in [2.45, 2.75) is 19.4 Å². The second-order valence-corrected chi connectivity index (χ2v) is 4.59. The molecule has 0 bridgehead atoms. The lowest BCUT2D eigenvalue weighted by Crippen LogP contribution is -2.27. The van der Waals surface area contributed by atoms with Gasteiger partial charge >= 0.3 is 0 Å². The molecule has 0 saturated carbocycles. The molecule has 1 aromatic rings. The van der Waals surface area contributed by atoms with Crippen molar-refractivity contribution in [1.29, 1.82) is 0 Å². The van der Waals surface area contributed by atoms with Crippen molar-refractivity contribution in [3.05, 3.63) is 29.3 Å². The molecule has 0 amide bonds. The molecule has 1 aromatic carbocycles. The maximum atomic E-state index is 13.1. The van der Waals surface area contributed by atoms with Gasteiger partial charge in [0.05, 0.1) is 0 Å². The predicted molar refractivity (Wildman–Crippen MR) is 63.3 cm³/mol. The zero-order chi connectivity index (χ0) is 13.0. The van der Waals surface area contributed by atoms with Crippen molar-refractivity contribution in [2.24, 2.45) is 5.92 Å². The van der Waals surface area contributed by atoms with Crippen LogP contribution in [0.4, 0.5) is 8.78 Å². The van der Waals surface area contributed by atoms with Gasteiger partial charge in [-0.1, -0.05) is 0 Å². The zero-order valence-electron chi connectivity index (χ0n) is 10.1. The maximum absolute atomic E-state index is 13.1. The third kappa shape index (κ3) is 3.40. The van der Waals surface area contributed by atoms with Crippen molar-refractivity contribution < 1.29 is 18.6 Å². The highest BCUT2D eigenvalue weighted by molar-refractivity contribution is 5.29. The molecule has 0 aliphatic carbocycles. The second kappa shape index (κ2) is 6.11. The molecule has 2 N–H and O–H groups in total. The van der Waals surface area contributed by atoms with Gasteiger partial charge in [0.1, 0.15) is 0 Å². The van der Waals surface area contributed by atoms with Gasteiger partial charge in [-0.2, -0.15) is 0 Å². The summed E-state index contributed by atoms with van der Waals surface area (Å²) in [6.45, 7) is 2.78. The highest BCUT2D eigenvalue weighted by Gasteiger charge is 2.13. The van der Waals surface area contributed by atoms with Crippen LogP contribution in [0, 0.1) is 17.6 Å². The van der Waals surface area contributed by atoms with Gasteiger partial charge in [0.25, 0.3) is 0 Å². The molecule has 2 rings (SSSR count). The van der Waals surface area contributed by atoms with Crippen LogP contribution in [0.1, 0.15) is 18.4 Å². The van der Waals surface area contributed by atoms with Gasteiger partial charge in [-0.25, -0.2) is 8.78 Å². The highest BCUT2D eigenvalue weighted by Crippen LogP contribution is 2.21. The molecular formula is C13H17F2NO2. The van der Waals surface area contributed by atoms with Gasteiger partial charge in [-0.15, -0.1) is 0 Å². The Labute approximate surface area is 105 Å². The number of rotatable bonds is 4. The Balaban J connectivity index is 1.82. The number of halogens is 2. The third-order valence-corrected chi connectivity index (χ3v) is 3.18. The molecule has 1 aliphatic heterocycles. The number of ether oxygens (including phenoxy) is 1. The van der Waals surface area contributed by atoms with Gasteiger partial charge in [0.15, 0.2) is 17.4 Å². The van der Waals surface area contributed by atoms with Gasteiger partial charge in [0.2, 0.25) is 0 Å². The molecule has 0 radical (unpaired) electrons. The summed E-state index contributed by atoms with van der Waals surface area (Å²) in [7, 11) is 0. The molecule has 1 saturated heterocycles. The fourth-order valence-electron chi connectivity index (χ4n) is 2.09. The van der Waals surface area contributed by atoms with Gasteiger partial charge < -0.3 is 15.2 Å². The Hall–Kier alpha value is -1.20. The molecule has 0 unspecified atom stereocenters. The van der Waals surface area contributed by atoms with E-state index in [-0.39, 0.29) is 0 Å². The van der Waals surface area contributed by atoms with Crippen molar-refractivity contribution in [1.82, 2.24) is 5.32 Å². The van der Waals surface area contributed by atoms with Crippen LogP contribution in [-0.4, -0.2) is 24.9 Å². The molecule has 1 aliphatic rings. The van der Waals surface area contributed by atoms with E-state index in [1.807, 2.05) is 0 Å². The van der Waals surface area contributed by atoms with Crippen LogP contribution in [0.3, 0.4) is 0 Å². The lowest BCUT2D eigenvalue weighted by molar-refractivity contribution is 0.0662. The van der Waals surface area contributed by atoms with Crippen LogP contribution < -0.4 is 5.32 Å². The van der Waals surface area contributed by atoms with Crippen molar-refractivity contribution >= 4 is 0 Å². The monoisotopic (exact) mass is 257 g/mol. The van der Waals surface area contributed by atoms with Crippen LogP contribution in [0.5, 0.6) is 5.75 Å². The number of aromatic hydroxyl groups is 1. The molecule has 1 fully saturated rings. The van der Waals surface area contributed by atoms with Crippen LogP contribution in [0.25, 0.3) is 0 Å². The summed E-state index contributed by atoms with van der Waals surface area (Å²) in [5, 5.41) is 12.2. The Morgan fingerprint density at radius 2 is 1.83 bits per heavy atom. The second-order valence-electron chi connectivity index (χ2n) is 4.59. The molecule has 100 valence electrons. The quantitative estimate of drug-likeness (QED) is 0.868. The first-order chi connectivity index (χ1) is 8.66. The average molecular weight is 257 g/mol. The van der Waals surface area contributed by atoms with Crippen LogP contribution in [0.15, 0.2) is 12.1 Å². The van der Waals surface area contributed by atoms with E-state index in [1.54, 1.807) is 0 Å². The molecule has 5 heteroatoms. The van der Waals surface area contributed by atoms with E-state index in [1.165, 1.54) is 0 Å². The van der Waals surface area contributed by atoms with E-state index in [0.29, 0.717) is 18.0 Å². The average Bonchev–Trinajstić information content (AvgIpc) is 2.37. The smallest absolute Gasteiger partial charge is 0.187 e. The molecule has 0 aromatic heterocycles. The molecule has 18 heavy (non-hydrogen) atoms. The van der Waals surface area contributed by atoms with E-state index in [2.05, 4.69) is 5.32 Å². The zero-order valence-corrected chi connectivity index (χ0v) is 10.1. The fraction of sp³-hybridized carbons (Fsp3) is 0.538. The minimum absolute atomic E-state index is 0.394. The Morgan fingerprint density at radius 3 is 2.44 bits per heavy atom. The number of nitrogens with one attached hydrogen (secondary N) is 1. The van der Waals surface area contributed by atoms with E-state index in [0.717, 1.165) is 44.7 Å². The van der Waals surface area contributed by atoms with E-state index in [4.69, 9.17) is 9.84 Å². The summed E-state index contributed by atoms with van der Waals surface area (Å²) in [6, 6.07) is 2.30. The number of hydrogen-bond donors (Lipinski definition) is 2. The first kappa shape index (κ1) is 13.2. The standard InChI is InChI=1S/C13H17F2NO2/c14-11-5-10(6-12(15)13(11)17)8-16-7-9-1-3-18-4-2-9/h5-6,9,16-17H,1-4,7-8H2. The van der Waals surface area contributed by atoms with E-state index in [9.17, 15) is 8.78 Å². The summed E-state index contributed by atoms with van der Waals surface area (Å²) in [4.78, 5) is 0. The van der Waals surface area contributed by atoms with Crippen molar-refractivity contribution in [3.8, 4) is 5.75 Å². The molecule has 0 atom stereocenters. The van der Waals surface area contributed by atoms with Crippen molar-refractivity contribution in [2.75, 3.05) is 19.8 Å². The van der Waals surface area contributed by atoms with Gasteiger partial charge in [-0.05, 0) is 43.0 Å². The van der Waals surface area contributed by atoms with Crippen LogP contribution >= 0.6 is 0 Å². The Morgan fingerprint density at radius 1 is 1.22 bits per heavy atom. The van der Waals surface area contributed by atoms with Crippen LogP contribution in [-0.2, 0) is 11.3 Å². The minimum Gasteiger partial charge on any atom is -0.503 e. The highest BCUT2D eigenvalue weighted by atomic mass is 19.1. The lowest BCUT2D eigenvalue weighted by Gasteiger charge is -2.22. The lowest BCUT2D eigenvalue weighted by atomic mass is 10.0. The summed E-state index contributed by atoms with van der Waals surface area (Å²) in [6.07, 6.45) is 2.04. The molecule has 3 nitrogen and oxygen atoms in total. The predicted octanol–water partition coefficient (Wildman–Crippen LogP) is 2.19. The van der Waals surface area contributed by atoms with Crippen LogP contribution in [0.2, 0.25) is 0 Å². The van der Waals surface area contributed by atoms with E-state index < -0.39 is 17.4 Å². The molecule has 0 spiro atoms. The molecular weight excluding hydrogens is 240 g/mol. The number of benzene rings is 1. The Kier molecular flexibility index (Phi) is 4.49. The number of phenols is 1. The minimum atomic E-state index is -0.919. The van der Waals surface area contributed by atoms with Crippen molar-refractivity contribution in [3.63, 3.8) is 0 Å². The Bertz CT molecular complexity index is 383. The largest absolute Gasteiger partial charge is 0.503 e. The number of phenolic OH excluding ortho intramolecular Hbond substituents is 1. The number of hydrogen-bond acceptors (Lipinski definition) is 3.